The Morgan fingerprint density at radius 2 is 1.78 bits per heavy atom. The van der Waals surface area contributed by atoms with Gasteiger partial charge in [0.1, 0.15) is 22.2 Å². The van der Waals surface area contributed by atoms with Crippen LogP contribution in [0, 0.1) is 18.6 Å². The van der Waals surface area contributed by atoms with Crippen molar-refractivity contribution in [3.63, 3.8) is 0 Å². The van der Waals surface area contributed by atoms with Gasteiger partial charge in [-0.15, -0.1) is 0 Å². The van der Waals surface area contributed by atoms with Crippen LogP contribution in [0.25, 0.3) is 27.7 Å². The van der Waals surface area contributed by atoms with Gasteiger partial charge in [-0.25, -0.2) is 13.5 Å². The summed E-state index contributed by atoms with van der Waals surface area (Å²) in [4.78, 5) is 15.3. The molecule has 0 saturated carbocycles. The second-order valence-electron chi connectivity index (χ2n) is 9.57. The largest absolute Gasteiger partial charge is 0.454 e. The summed E-state index contributed by atoms with van der Waals surface area (Å²) in [6.45, 7) is 2.29. The van der Waals surface area contributed by atoms with Crippen molar-refractivity contribution < 1.29 is 13.5 Å². The van der Waals surface area contributed by atoms with Gasteiger partial charge in [-0.1, -0.05) is 29.8 Å². The Morgan fingerprint density at radius 3 is 2.56 bits per heavy atom. The highest BCUT2D eigenvalue weighted by molar-refractivity contribution is 6.30. The number of nitrogens with zero attached hydrogens (tertiary/aromatic N) is 3. The molecule has 0 amide bonds. The zero-order valence-electron chi connectivity index (χ0n) is 22.1. The molecule has 2 N–H and O–H groups in total. The quantitative estimate of drug-likeness (QED) is 0.210. The number of benzene rings is 3. The van der Waals surface area contributed by atoms with Gasteiger partial charge in [0, 0.05) is 59.8 Å². The second kappa shape index (κ2) is 10.6. The van der Waals surface area contributed by atoms with Gasteiger partial charge in [-0.3, -0.25) is 4.79 Å². The van der Waals surface area contributed by atoms with Gasteiger partial charge in [0.2, 0.25) is 0 Å². The number of hydrogen-bond acceptors (Lipinski definition) is 4. The van der Waals surface area contributed by atoms with Gasteiger partial charge in [-0.05, 0) is 55.5 Å². The van der Waals surface area contributed by atoms with E-state index < -0.39 is 11.6 Å². The lowest BCUT2D eigenvalue weighted by Crippen LogP contribution is -2.07. The number of H-pyrrole nitrogens is 1. The Kier molecular flexibility index (Phi) is 6.80. The first kappa shape index (κ1) is 26.3. The molecule has 0 aliphatic carbocycles. The standard InChI is InChI=1S/C31H24ClF2N5O2/c1-18-24(30(32)39(37-18)21-6-4-3-5-7-21)16-36-20-9-11-27(41-28-10-8-19(33)14-26(28)34)23(15-20)25-17-38(2)29-22(25)12-13-35-31(29)40/h3-15,17,36H,16H2,1-2H3,(H,35,40). The van der Waals surface area contributed by atoms with Crippen LogP contribution >= 0.6 is 11.6 Å². The van der Waals surface area contributed by atoms with Crippen LogP contribution in [0.3, 0.4) is 0 Å². The fourth-order valence-electron chi connectivity index (χ4n) is 4.86. The zero-order valence-corrected chi connectivity index (χ0v) is 22.8. The Hall–Kier alpha value is -4.89. The number of hydrogen-bond donors (Lipinski definition) is 2. The molecular formula is C31H24ClF2N5O2. The number of aromatic nitrogens is 4. The molecule has 0 saturated heterocycles. The fraction of sp³-hybridized carbons (Fsp3) is 0.0968. The van der Waals surface area contributed by atoms with Crippen molar-refractivity contribution in [3.05, 3.63) is 124 Å². The summed E-state index contributed by atoms with van der Waals surface area (Å²) >= 11 is 6.72. The molecule has 0 unspecified atom stereocenters. The summed E-state index contributed by atoms with van der Waals surface area (Å²) in [5.74, 6) is -1.32. The first-order valence-corrected chi connectivity index (χ1v) is 13.2. The zero-order chi connectivity index (χ0) is 28.7. The maximum Gasteiger partial charge on any atom is 0.272 e. The Bertz CT molecular complexity index is 1960. The summed E-state index contributed by atoms with van der Waals surface area (Å²) in [5, 5.41) is 9.20. The van der Waals surface area contributed by atoms with Crippen molar-refractivity contribution in [1.29, 1.82) is 0 Å². The van der Waals surface area contributed by atoms with E-state index >= 15 is 0 Å². The average Bonchev–Trinajstić information content (AvgIpc) is 3.45. The molecule has 7 nitrogen and oxygen atoms in total. The number of halogens is 3. The SMILES string of the molecule is Cc1nn(-c2ccccc2)c(Cl)c1CNc1ccc(Oc2ccc(F)cc2F)c(-c2cn(C)c3c(=O)[nH]ccc23)c1. The highest BCUT2D eigenvalue weighted by Crippen LogP contribution is 2.40. The van der Waals surface area contributed by atoms with E-state index in [4.69, 9.17) is 16.3 Å². The number of nitrogens with one attached hydrogen (secondary N) is 2. The summed E-state index contributed by atoms with van der Waals surface area (Å²) in [7, 11) is 1.78. The first-order valence-electron chi connectivity index (χ1n) is 12.8. The van der Waals surface area contributed by atoms with Crippen LogP contribution in [0.5, 0.6) is 11.5 Å². The number of para-hydroxylation sites is 1. The van der Waals surface area contributed by atoms with E-state index in [1.165, 1.54) is 6.07 Å². The molecule has 0 aliphatic rings. The van der Waals surface area contributed by atoms with Crippen LogP contribution in [0.4, 0.5) is 14.5 Å². The molecule has 3 heterocycles. The molecule has 0 atom stereocenters. The molecule has 3 aromatic heterocycles. The molecule has 0 spiro atoms. The van der Waals surface area contributed by atoms with Gasteiger partial charge in [-0.2, -0.15) is 5.10 Å². The van der Waals surface area contributed by atoms with Crippen molar-refractivity contribution in [2.45, 2.75) is 13.5 Å². The Labute approximate surface area is 238 Å². The molecule has 0 bridgehead atoms. The maximum atomic E-state index is 14.5. The normalized spacial score (nSPS) is 11.2. The molecule has 6 aromatic rings. The summed E-state index contributed by atoms with van der Waals surface area (Å²) in [6, 6.07) is 19.9. The second-order valence-corrected chi connectivity index (χ2v) is 9.92. The highest BCUT2D eigenvalue weighted by atomic mass is 35.5. The van der Waals surface area contributed by atoms with Crippen LogP contribution in [0.15, 0.2) is 90.0 Å². The molecule has 41 heavy (non-hydrogen) atoms. The number of pyridine rings is 1. The number of rotatable bonds is 7. The van der Waals surface area contributed by atoms with Crippen molar-refractivity contribution in [2.24, 2.45) is 7.05 Å². The molecule has 10 heteroatoms. The van der Waals surface area contributed by atoms with E-state index in [9.17, 15) is 13.6 Å². The molecule has 206 valence electrons. The molecule has 0 radical (unpaired) electrons. The van der Waals surface area contributed by atoms with E-state index in [1.54, 1.807) is 40.7 Å². The third-order valence-electron chi connectivity index (χ3n) is 6.88. The minimum atomic E-state index is -0.826. The molecule has 3 aromatic carbocycles. The monoisotopic (exact) mass is 571 g/mol. The number of ether oxygens (including phenoxy) is 1. The predicted octanol–water partition coefficient (Wildman–Crippen LogP) is 7.36. The van der Waals surface area contributed by atoms with Gasteiger partial charge >= 0.3 is 0 Å². The van der Waals surface area contributed by atoms with E-state index in [1.807, 2.05) is 49.5 Å². The Balaban J connectivity index is 1.39. The number of fused-ring (bicyclic) bond motifs is 1. The van der Waals surface area contributed by atoms with Gasteiger partial charge in [0.25, 0.3) is 5.56 Å². The van der Waals surface area contributed by atoms with Crippen LogP contribution in [-0.2, 0) is 13.6 Å². The number of aromatic amines is 1. The van der Waals surface area contributed by atoms with Crippen LogP contribution < -0.4 is 15.6 Å². The van der Waals surface area contributed by atoms with E-state index in [0.717, 1.165) is 34.8 Å². The summed E-state index contributed by atoms with van der Waals surface area (Å²) in [5.41, 5.74) is 4.77. The van der Waals surface area contributed by atoms with Crippen molar-refractivity contribution in [1.82, 2.24) is 19.3 Å². The van der Waals surface area contributed by atoms with E-state index in [-0.39, 0.29) is 11.3 Å². The van der Waals surface area contributed by atoms with Crippen molar-refractivity contribution >= 4 is 28.2 Å². The number of anilines is 1. The lowest BCUT2D eigenvalue weighted by Gasteiger charge is -2.15. The van der Waals surface area contributed by atoms with Gasteiger partial charge < -0.3 is 19.6 Å². The smallest absolute Gasteiger partial charge is 0.272 e. The fourth-order valence-corrected chi connectivity index (χ4v) is 5.20. The highest BCUT2D eigenvalue weighted by Gasteiger charge is 2.19. The van der Waals surface area contributed by atoms with Crippen LogP contribution in [-0.4, -0.2) is 19.3 Å². The summed E-state index contributed by atoms with van der Waals surface area (Å²) < 4.78 is 37.4. The number of aryl methyl sites for hydroxylation is 2. The minimum Gasteiger partial charge on any atom is -0.454 e. The average molecular weight is 572 g/mol. The topological polar surface area (TPSA) is 76.9 Å². The van der Waals surface area contributed by atoms with Crippen LogP contribution in [0.2, 0.25) is 5.15 Å². The van der Waals surface area contributed by atoms with Crippen molar-refractivity contribution in [3.8, 4) is 28.3 Å². The lowest BCUT2D eigenvalue weighted by atomic mass is 10.0. The minimum absolute atomic E-state index is 0.123. The van der Waals surface area contributed by atoms with Gasteiger partial charge in [0.05, 0.1) is 11.4 Å². The third-order valence-corrected chi connectivity index (χ3v) is 7.26. The van der Waals surface area contributed by atoms with Gasteiger partial charge in [0.15, 0.2) is 11.6 Å². The molecule has 0 fully saturated rings. The molecule has 0 aliphatic heterocycles. The van der Waals surface area contributed by atoms with E-state index in [2.05, 4.69) is 15.4 Å². The van der Waals surface area contributed by atoms with Crippen molar-refractivity contribution in [2.75, 3.05) is 5.32 Å². The Morgan fingerprint density at radius 1 is 1.00 bits per heavy atom. The van der Waals surface area contributed by atoms with Crippen LogP contribution in [0.1, 0.15) is 11.3 Å². The molecule has 6 rings (SSSR count). The predicted molar refractivity (Wildman–Crippen MR) is 156 cm³/mol. The first-order chi connectivity index (χ1) is 19.8. The third kappa shape index (κ3) is 4.96. The lowest BCUT2D eigenvalue weighted by molar-refractivity contribution is 0.439. The maximum absolute atomic E-state index is 14.5. The molecular weight excluding hydrogens is 548 g/mol. The summed E-state index contributed by atoms with van der Waals surface area (Å²) in [6.07, 6.45) is 3.39. The van der Waals surface area contributed by atoms with E-state index in [0.29, 0.717) is 39.5 Å².